The van der Waals surface area contributed by atoms with E-state index >= 15 is 0 Å². The zero-order valence-electron chi connectivity index (χ0n) is 13.5. The monoisotopic (exact) mass is 347 g/mol. The number of benzene rings is 1. The molecule has 1 aliphatic heterocycles. The van der Waals surface area contributed by atoms with Crippen molar-refractivity contribution in [3.63, 3.8) is 0 Å². The second-order valence-electron chi connectivity index (χ2n) is 6.35. The number of carbonyl (C=O) groups excluding carboxylic acids is 1. The first-order valence-electron chi connectivity index (χ1n) is 8.36. The summed E-state index contributed by atoms with van der Waals surface area (Å²) in [5.74, 6) is 0.0179. The summed E-state index contributed by atoms with van der Waals surface area (Å²) in [4.78, 5) is 14.2. The van der Waals surface area contributed by atoms with E-state index in [-0.39, 0.29) is 17.6 Å². The Morgan fingerprint density at radius 3 is 2.58 bits per heavy atom. The number of nitrogens with zero attached hydrogens (tertiary/aromatic N) is 1. The quantitative estimate of drug-likeness (QED) is 0.894. The van der Waals surface area contributed by atoms with Crippen molar-refractivity contribution in [3.8, 4) is 0 Å². The molecule has 1 saturated heterocycles. The summed E-state index contributed by atoms with van der Waals surface area (Å²) in [6, 6.07) is 8.09. The predicted molar refractivity (Wildman–Crippen MR) is 93.3 cm³/mol. The van der Waals surface area contributed by atoms with E-state index < -0.39 is 6.10 Å². The van der Waals surface area contributed by atoms with Crippen LogP contribution in [-0.2, 0) is 11.2 Å². The van der Waals surface area contributed by atoms with Crippen molar-refractivity contribution in [2.45, 2.75) is 31.8 Å². The van der Waals surface area contributed by atoms with Gasteiger partial charge in [-0.3, -0.25) is 4.79 Å². The zero-order chi connectivity index (χ0) is 16.9. The van der Waals surface area contributed by atoms with Crippen LogP contribution in [0.2, 0.25) is 0 Å². The first kappa shape index (κ1) is 17.1. The number of piperidine rings is 1. The minimum atomic E-state index is -0.589. The van der Waals surface area contributed by atoms with Crippen LogP contribution < -0.4 is 0 Å². The van der Waals surface area contributed by atoms with Gasteiger partial charge in [0.1, 0.15) is 5.82 Å². The topological polar surface area (TPSA) is 40.5 Å². The molecule has 1 aliphatic rings. The van der Waals surface area contributed by atoms with Gasteiger partial charge in [-0.2, -0.15) is 11.3 Å². The molecule has 0 saturated carbocycles. The summed E-state index contributed by atoms with van der Waals surface area (Å²) in [6.45, 7) is 1.37. The summed E-state index contributed by atoms with van der Waals surface area (Å²) >= 11 is 1.65. The first-order valence-corrected chi connectivity index (χ1v) is 9.30. The Balaban J connectivity index is 1.48. The Morgan fingerprint density at radius 1 is 1.25 bits per heavy atom. The van der Waals surface area contributed by atoms with E-state index in [1.54, 1.807) is 23.5 Å². The lowest BCUT2D eigenvalue weighted by Gasteiger charge is -2.34. The van der Waals surface area contributed by atoms with Crippen LogP contribution in [0.25, 0.3) is 0 Å². The van der Waals surface area contributed by atoms with E-state index in [2.05, 4.69) is 11.4 Å². The molecule has 1 aromatic heterocycles. The highest BCUT2D eigenvalue weighted by Gasteiger charge is 2.28. The third kappa shape index (κ3) is 4.22. The van der Waals surface area contributed by atoms with Crippen molar-refractivity contribution < 1.29 is 14.3 Å². The minimum absolute atomic E-state index is 0.122. The number of carbonyl (C=O) groups is 1. The molecule has 1 N–H and O–H groups in total. The molecule has 0 spiro atoms. The van der Waals surface area contributed by atoms with E-state index in [0.29, 0.717) is 19.5 Å². The Hall–Kier alpha value is -1.72. The summed E-state index contributed by atoms with van der Waals surface area (Å²) in [7, 11) is 0. The van der Waals surface area contributed by atoms with Gasteiger partial charge < -0.3 is 10.0 Å². The zero-order valence-corrected chi connectivity index (χ0v) is 14.3. The number of likely N-dealkylation sites (tertiary alicyclic amines) is 1. The van der Waals surface area contributed by atoms with Crippen LogP contribution in [0.5, 0.6) is 0 Å². The van der Waals surface area contributed by atoms with Gasteiger partial charge in [0.25, 0.3) is 0 Å². The number of aliphatic hydroxyl groups is 1. The Bertz CT molecular complexity index is 649. The molecule has 3 nitrogen and oxygen atoms in total. The second kappa shape index (κ2) is 7.90. The number of thiophene rings is 1. The number of rotatable bonds is 5. The summed E-state index contributed by atoms with van der Waals surface area (Å²) < 4.78 is 13.0. The highest BCUT2D eigenvalue weighted by atomic mass is 32.1. The molecule has 1 amide bonds. The standard InChI is InChI=1S/C19H22FNO2S/c20-17-4-2-15(3-5-17)19(23)16-7-10-21(11-8-16)18(22)6-1-14-9-12-24-13-14/h2-5,9,12-13,16,19,23H,1,6-8,10-11H2. The van der Waals surface area contributed by atoms with Crippen LogP contribution >= 0.6 is 11.3 Å². The maximum Gasteiger partial charge on any atom is 0.222 e. The van der Waals surface area contributed by atoms with Gasteiger partial charge in [-0.25, -0.2) is 4.39 Å². The number of halogens is 1. The molecule has 24 heavy (non-hydrogen) atoms. The molecule has 1 aromatic carbocycles. The first-order chi connectivity index (χ1) is 11.6. The van der Waals surface area contributed by atoms with Gasteiger partial charge >= 0.3 is 0 Å². The van der Waals surface area contributed by atoms with E-state index in [1.165, 1.54) is 17.7 Å². The molecular weight excluding hydrogens is 325 g/mol. The molecular formula is C19H22FNO2S. The molecule has 128 valence electrons. The highest BCUT2D eigenvalue weighted by molar-refractivity contribution is 7.07. The molecule has 1 atom stereocenters. The van der Waals surface area contributed by atoms with E-state index in [0.717, 1.165) is 24.8 Å². The van der Waals surface area contributed by atoms with Gasteiger partial charge in [0.15, 0.2) is 0 Å². The second-order valence-corrected chi connectivity index (χ2v) is 7.13. The third-order valence-corrected chi connectivity index (χ3v) is 5.49. The lowest BCUT2D eigenvalue weighted by molar-refractivity contribution is -0.133. The molecule has 2 aromatic rings. The van der Waals surface area contributed by atoms with Crippen LogP contribution in [0.15, 0.2) is 41.1 Å². The average Bonchev–Trinajstić information content (AvgIpc) is 3.13. The fraction of sp³-hybridized carbons (Fsp3) is 0.421. The summed E-state index contributed by atoms with van der Waals surface area (Å²) in [6.07, 6.45) is 2.31. The SMILES string of the molecule is O=C(CCc1ccsc1)N1CCC(C(O)c2ccc(F)cc2)CC1. The lowest BCUT2D eigenvalue weighted by Crippen LogP contribution is -2.39. The average molecular weight is 347 g/mol. The van der Waals surface area contributed by atoms with Crippen molar-refractivity contribution >= 4 is 17.2 Å². The van der Waals surface area contributed by atoms with Crippen molar-refractivity contribution in [2.24, 2.45) is 5.92 Å². The fourth-order valence-corrected chi connectivity index (χ4v) is 3.94. The Morgan fingerprint density at radius 2 is 1.96 bits per heavy atom. The maximum absolute atomic E-state index is 13.0. The highest BCUT2D eigenvalue weighted by Crippen LogP contribution is 2.31. The minimum Gasteiger partial charge on any atom is -0.388 e. The van der Waals surface area contributed by atoms with Crippen molar-refractivity contribution in [3.05, 3.63) is 58.0 Å². The van der Waals surface area contributed by atoms with Crippen molar-refractivity contribution in [1.82, 2.24) is 4.90 Å². The lowest BCUT2D eigenvalue weighted by atomic mass is 9.87. The van der Waals surface area contributed by atoms with Crippen LogP contribution in [0.3, 0.4) is 0 Å². The van der Waals surface area contributed by atoms with Gasteiger partial charge in [-0.1, -0.05) is 12.1 Å². The van der Waals surface area contributed by atoms with Crippen LogP contribution in [0.4, 0.5) is 4.39 Å². The van der Waals surface area contributed by atoms with E-state index in [4.69, 9.17) is 0 Å². The number of aryl methyl sites for hydroxylation is 1. The number of amides is 1. The molecule has 2 heterocycles. The maximum atomic E-state index is 13.0. The van der Waals surface area contributed by atoms with Gasteiger partial charge in [0.2, 0.25) is 5.91 Å². The van der Waals surface area contributed by atoms with Gasteiger partial charge in [-0.05, 0) is 65.3 Å². The third-order valence-electron chi connectivity index (χ3n) is 4.76. The van der Waals surface area contributed by atoms with Gasteiger partial charge in [0.05, 0.1) is 6.10 Å². The van der Waals surface area contributed by atoms with E-state index in [9.17, 15) is 14.3 Å². The molecule has 3 rings (SSSR count). The fourth-order valence-electron chi connectivity index (χ4n) is 3.24. The van der Waals surface area contributed by atoms with Crippen LogP contribution in [0.1, 0.15) is 36.5 Å². The number of hydrogen-bond donors (Lipinski definition) is 1. The summed E-state index contributed by atoms with van der Waals surface area (Å²) in [5, 5.41) is 14.6. The van der Waals surface area contributed by atoms with Gasteiger partial charge in [0, 0.05) is 19.5 Å². The van der Waals surface area contributed by atoms with Crippen molar-refractivity contribution in [2.75, 3.05) is 13.1 Å². The molecule has 0 bridgehead atoms. The van der Waals surface area contributed by atoms with E-state index in [1.807, 2.05) is 10.3 Å². The molecule has 1 fully saturated rings. The van der Waals surface area contributed by atoms with Crippen LogP contribution in [-0.4, -0.2) is 29.0 Å². The Kier molecular flexibility index (Phi) is 5.63. The predicted octanol–water partition coefficient (Wildman–Crippen LogP) is 3.79. The van der Waals surface area contributed by atoms with Gasteiger partial charge in [-0.15, -0.1) is 0 Å². The summed E-state index contributed by atoms with van der Waals surface area (Å²) in [5.41, 5.74) is 1.97. The molecule has 1 unspecified atom stereocenters. The largest absolute Gasteiger partial charge is 0.388 e. The number of aliphatic hydroxyl groups excluding tert-OH is 1. The molecule has 0 radical (unpaired) electrons. The smallest absolute Gasteiger partial charge is 0.222 e. The molecule has 5 heteroatoms. The molecule has 0 aliphatic carbocycles. The van der Waals surface area contributed by atoms with Crippen molar-refractivity contribution in [1.29, 1.82) is 0 Å². The van der Waals surface area contributed by atoms with Crippen LogP contribution in [0, 0.1) is 11.7 Å². The Labute approximate surface area is 145 Å². The normalized spacial score (nSPS) is 17.0. The number of hydrogen-bond acceptors (Lipinski definition) is 3.